The molecule has 7 aromatic carbocycles. The number of carbonyl (C=O) groups is 7. The van der Waals surface area contributed by atoms with E-state index in [0.29, 0.717) is 0 Å². The Hall–Kier alpha value is -12.1. The number of rotatable bonds is 16. The molecular weight excluding hydrogens is 1960 g/mol. The molecule has 0 spiro atoms. The van der Waals surface area contributed by atoms with Crippen LogP contribution in [0.2, 0.25) is 0 Å². The lowest BCUT2D eigenvalue weighted by atomic mass is 9.89. The zero-order valence-electron chi connectivity index (χ0n) is 77.9. The summed E-state index contributed by atoms with van der Waals surface area (Å²) < 4.78 is 99.8. The summed E-state index contributed by atoms with van der Waals surface area (Å²) in [5, 5.41) is 257. The third kappa shape index (κ3) is 21.4. The van der Waals surface area contributed by atoms with Gasteiger partial charge in [0.25, 0.3) is 0 Å². The molecule has 0 aliphatic carbocycles. The molecule has 6 saturated heterocycles. The second-order valence-corrected chi connectivity index (χ2v) is 36.9. The van der Waals surface area contributed by atoms with E-state index in [2.05, 4.69) is 31.9 Å². The molecule has 7 aromatic rings. The number of carbonyl (C=O) groups excluding carboxylic acids is 7. The molecule has 52 heteroatoms. The summed E-state index contributed by atoms with van der Waals surface area (Å²) in [5.74, 6) is -17.8. The fourth-order valence-electron chi connectivity index (χ4n) is 18.6. The van der Waals surface area contributed by atoms with Gasteiger partial charge in [0.05, 0.1) is 51.8 Å². The Kier molecular flexibility index (Phi) is 31.5. The number of fused-ring (bicyclic) bond motifs is 14. The zero-order chi connectivity index (χ0) is 105. The van der Waals surface area contributed by atoms with Crippen molar-refractivity contribution in [1.82, 2.24) is 31.9 Å². The third-order valence-electron chi connectivity index (χ3n) is 27.1. The summed E-state index contributed by atoms with van der Waals surface area (Å²) in [4.78, 5) is 113. The number of hydrogen-bond acceptors (Lipinski definition) is 46. The van der Waals surface area contributed by atoms with Gasteiger partial charge in [0.15, 0.2) is 60.3 Å². The standard InChI is InChI=1S/C95H110N8O44/c1-30-47(109)18-37-20-49(30)139-50-19-35(9-16-46(50)108)59(97)84(125)102-64-68(113)33-5-11-40(12-6-33)137-52-21-38-22-53(81(52)145-95-83(76(121)72(117)56(143-95)29-134-91-78(123)73(118)67(112)32(3)136-91)147-94-82(75(120)71(116)55(27-105)142-94)146-92-77(122)69(114)48(110)28-133-92)138-41-13-7-34(8-14-41)80(144-57-25-44(96)66(111)31(2)135-57)65-89(130)101-63(90(131)132-4)43-23-39(106)24-51(140-93-79(124)74(119)70(115)54(26-104)141-93)58(43)42-17-36(10-15-45(42)107)60(85(126)103-65)98-87(128)62(38)99-86(127)61(37)100-88(64)129/h5-24,31-32,44,48,54-57,59-80,82-83,91-95,104-124H,25-29,96-97H2,1-4H3,(H,98,128)(H,99,127)(H,100,129)(H,101,130)(H,102,125)(H,103,126)/t31-,32+,44+,48-,54+,55-,56-,57+,59-,60+,61-,62+,63-,64+,65-,66-,67+,68+,69-,70+,71+,72-,73-,74-,75+,76+,77+,78-,79-,80+,82+,83-,91-,92+,93+,94-,95+/m0/s1. The van der Waals surface area contributed by atoms with Crippen molar-refractivity contribution in [2.45, 2.75) is 254 Å². The maximum atomic E-state index is 17.3. The largest absolute Gasteiger partial charge is 0.508 e. The van der Waals surface area contributed by atoms with E-state index in [1.807, 2.05) is 0 Å². The van der Waals surface area contributed by atoms with Crippen LogP contribution < -0.4 is 67.1 Å². The van der Waals surface area contributed by atoms with Gasteiger partial charge in [0.2, 0.25) is 53.8 Å². The predicted molar refractivity (Wildman–Crippen MR) is 483 cm³/mol. The Morgan fingerprint density at radius 3 is 1.59 bits per heavy atom. The average molecular weight is 2070 g/mol. The minimum Gasteiger partial charge on any atom is -0.508 e. The number of aliphatic hydroxyl groups excluding tert-OH is 17. The van der Waals surface area contributed by atoms with Gasteiger partial charge in [0, 0.05) is 40.8 Å². The molecule has 19 rings (SSSR count). The normalized spacial score (nSPS) is 36.2. The number of aromatic hydroxyl groups is 4. The SMILES string of the molecule is COC(=O)[C@H]1NC(=O)[C@H]2NC(=O)[C@H](NC(=O)[C@@H]3NC(=O)[C@H]4NC(=O)[C@H](NC(=O)[C@@H](N)c5ccc(O)c(c5)Oc5cc4cc(O)c5C)[C@H](O)c4ccc(cc4)Oc4cc3cc(c4O[C@H]3O[C@@H](CO[C@H]4O[C@H](C)[C@@H](O)[C@H](O)[C@@H]4O)[C@H](O)[C@@H](O)[C@@H]3O[C@@H]3O[C@@H](CO)[C@@H](O)[C@@H](O)[C@H]3O[C@H]3OC[C@H](O)[C@H](O)[C@H]3O)Oc3ccc(cc3)[C@H]2O[C@@H]2C[C@@H](N)[C@@H](O)[C@H](C)O2)c2ccc(O)c(c2)-c2c(O[C@@H]3O[C@H](CO)[C@@H](O)[C@H](O)[C@@H]3O)cc(O)cc21. The number of methoxy groups -OCH3 is 1. The Morgan fingerprint density at radius 2 is 0.946 bits per heavy atom. The lowest BCUT2D eigenvalue weighted by molar-refractivity contribution is -0.385. The van der Waals surface area contributed by atoms with Crippen molar-refractivity contribution >= 4 is 41.4 Å². The molecule has 0 saturated carbocycles. The summed E-state index contributed by atoms with van der Waals surface area (Å²) >= 11 is 0. The second kappa shape index (κ2) is 43.6. The minimum atomic E-state index is -2.60. The van der Waals surface area contributed by atoms with Crippen LogP contribution in [0, 0.1) is 6.92 Å². The molecule has 12 aliphatic heterocycles. The van der Waals surface area contributed by atoms with Crippen LogP contribution in [0.5, 0.6) is 69.0 Å². The van der Waals surface area contributed by atoms with E-state index in [1.54, 1.807) is 0 Å². The minimum absolute atomic E-state index is 0.0673. The predicted octanol–water partition coefficient (Wildman–Crippen LogP) is -6.50. The van der Waals surface area contributed by atoms with Crippen molar-refractivity contribution in [2.75, 3.05) is 33.5 Å². The number of phenols is 4. The lowest BCUT2D eigenvalue weighted by Gasteiger charge is -2.48. The van der Waals surface area contributed by atoms with Crippen LogP contribution in [-0.4, -0.2) is 366 Å². The molecule has 37 atom stereocenters. The first-order chi connectivity index (χ1) is 70.0. The number of hydrogen-bond donors (Lipinski definition) is 29. The van der Waals surface area contributed by atoms with Crippen LogP contribution in [0.25, 0.3) is 11.1 Å². The first-order valence-corrected chi connectivity index (χ1v) is 46.4. The van der Waals surface area contributed by atoms with Crippen LogP contribution in [0.4, 0.5) is 0 Å². The van der Waals surface area contributed by atoms with E-state index in [9.17, 15) is 117 Å². The number of phenolic OH excluding ortho intramolecular Hbond substituents is 4. The summed E-state index contributed by atoms with van der Waals surface area (Å²) in [6, 6.07) is 4.22. The number of aliphatic hydroxyl groups is 17. The molecule has 0 radical (unpaired) electrons. The van der Waals surface area contributed by atoms with Crippen molar-refractivity contribution in [3.8, 4) is 80.1 Å². The molecule has 6 fully saturated rings. The van der Waals surface area contributed by atoms with E-state index in [0.717, 1.165) is 98.1 Å². The highest BCUT2D eigenvalue weighted by Gasteiger charge is 2.57. The van der Waals surface area contributed by atoms with Gasteiger partial charge in [-0.1, -0.05) is 36.4 Å². The van der Waals surface area contributed by atoms with Crippen LogP contribution >= 0.6 is 0 Å². The van der Waals surface area contributed by atoms with Gasteiger partial charge < -0.3 is 226 Å². The fourth-order valence-corrected chi connectivity index (χ4v) is 18.6. The van der Waals surface area contributed by atoms with E-state index in [4.69, 9.17) is 87.3 Å². The topological polar surface area (TPSA) is 816 Å². The van der Waals surface area contributed by atoms with Crippen molar-refractivity contribution in [3.63, 3.8) is 0 Å². The molecule has 0 aromatic heterocycles. The highest BCUT2D eigenvalue weighted by atomic mass is 16.8. The maximum Gasteiger partial charge on any atom is 0.333 e. The van der Waals surface area contributed by atoms with Crippen molar-refractivity contribution < 1.29 is 217 Å². The monoisotopic (exact) mass is 2070 g/mol. The molecule has 794 valence electrons. The van der Waals surface area contributed by atoms with Crippen LogP contribution in [-0.2, 0) is 85.7 Å². The smallest absolute Gasteiger partial charge is 0.333 e. The van der Waals surface area contributed by atoms with Crippen molar-refractivity contribution in [1.29, 1.82) is 0 Å². The molecule has 147 heavy (non-hydrogen) atoms. The molecule has 12 heterocycles. The summed E-state index contributed by atoms with van der Waals surface area (Å²) in [6.07, 6.45) is -58.6. The summed E-state index contributed by atoms with van der Waals surface area (Å²) in [6.45, 7) is 0.141. The number of amides is 6. The highest BCUT2D eigenvalue weighted by molar-refractivity contribution is 6.00. The number of benzene rings is 7. The molecule has 6 amide bonds. The van der Waals surface area contributed by atoms with Gasteiger partial charge in [-0.2, -0.15) is 0 Å². The first-order valence-electron chi connectivity index (χ1n) is 46.4. The number of nitrogens with one attached hydrogen (secondary N) is 6. The van der Waals surface area contributed by atoms with E-state index in [1.165, 1.54) is 51.1 Å². The zero-order valence-corrected chi connectivity index (χ0v) is 77.9. The van der Waals surface area contributed by atoms with Gasteiger partial charge in [-0.05, 0) is 133 Å². The van der Waals surface area contributed by atoms with Crippen LogP contribution in [0.3, 0.4) is 0 Å². The number of esters is 1. The van der Waals surface area contributed by atoms with Gasteiger partial charge in [-0.15, -0.1) is 0 Å². The molecule has 52 nitrogen and oxygen atoms in total. The van der Waals surface area contributed by atoms with Gasteiger partial charge in [-0.25, -0.2) is 4.79 Å². The van der Waals surface area contributed by atoms with E-state index >= 15 is 24.0 Å². The maximum absolute atomic E-state index is 17.3. The van der Waals surface area contributed by atoms with E-state index in [-0.39, 0.29) is 39.5 Å². The summed E-state index contributed by atoms with van der Waals surface area (Å²) in [5.41, 5.74) is 9.22. The Bertz CT molecular complexity index is 6010. The highest BCUT2D eigenvalue weighted by Crippen LogP contribution is 2.51. The lowest BCUT2D eigenvalue weighted by Crippen LogP contribution is -2.67. The Balaban J connectivity index is 0.908. The van der Waals surface area contributed by atoms with Crippen molar-refractivity contribution in [3.05, 3.63) is 166 Å². The summed E-state index contributed by atoms with van der Waals surface area (Å²) in [7, 11) is 0.873. The third-order valence-corrected chi connectivity index (χ3v) is 27.1. The van der Waals surface area contributed by atoms with Gasteiger partial charge in [-0.3, -0.25) is 28.8 Å². The Labute approximate surface area is 831 Å². The molecule has 17 bridgehead atoms. The average Bonchev–Trinajstić information content (AvgIpc) is 0.742. The van der Waals surface area contributed by atoms with Crippen LogP contribution in [0.1, 0.15) is 107 Å². The molecular formula is C95H110N8O44. The van der Waals surface area contributed by atoms with Gasteiger partial charge >= 0.3 is 5.97 Å². The fraction of sp³-hybridized carbons (Fsp3) is 0.484. The van der Waals surface area contributed by atoms with Crippen LogP contribution in [0.15, 0.2) is 121 Å². The van der Waals surface area contributed by atoms with Gasteiger partial charge in [0.1, 0.15) is 192 Å². The molecule has 12 aliphatic rings. The first kappa shape index (κ1) is 106. The quantitative estimate of drug-likeness (QED) is 0.0400. The number of nitrogens with two attached hydrogens (primary N) is 2. The number of ether oxygens (including phenoxy) is 16. The molecule has 31 N–H and O–H groups in total. The van der Waals surface area contributed by atoms with Crippen molar-refractivity contribution in [2.24, 2.45) is 11.5 Å². The Morgan fingerprint density at radius 1 is 0.429 bits per heavy atom. The van der Waals surface area contributed by atoms with E-state index < -0.39 is 386 Å². The molecule has 0 unspecified atom stereocenters. The second-order valence-electron chi connectivity index (χ2n) is 36.9.